The molecule has 1 heterocycles. The van der Waals surface area contributed by atoms with Crippen LogP contribution in [0, 0.1) is 6.92 Å². The van der Waals surface area contributed by atoms with E-state index < -0.39 is 0 Å². The average molecular weight is 243 g/mol. The van der Waals surface area contributed by atoms with Gasteiger partial charge in [0.1, 0.15) is 17.9 Å². The van der Waals surface area contributed by atoms with Crippen molar-refractivity contribution in [2.24, 2.45) is 0 Å². The molecule has 18 heavy (non-hydrogen) atoms. The Kier molecular flexibility index (Phi) is 3.77. The fourth-order valence-corrected chi connectivity index (χ4v) is 1.87. The minimum absolute atomic E-state index is 0.676. The van der Waals surface area contributed by atoms with Crippen LogP contribution in [0.4, 0.5) is 5.82 Å². The summed E-state index contributed by atoms with van der Waals surface area (Å²) in [6.45, 7) is 4.66. The van der Waals surface area contributed by atoms with Gasteiger partial charge in [0, 0.05) is 18.2 Å². The second-order valence-electron chi connectivity index (χ2n) is 3.90. The number of rotatable bonds is 4. The van der Waals surface area contributed by atoms with Crippen molar-refractivity contribution in [3.8, 4) is 17.0 Å². The van der Waals surface area contributed by atoms with Crippen molar-refractivity contribution in [3.05, 3.63) is 36.2 Å². The molecule has 1 N–H and O–H groups in total. The zero-order chi connectivity index (χ0) is 13.0. The summed E-state index contributed by atoms with van der Waals surface area (Å²) in [5.41, 5.74) is 3.05. The zero-order valence-electron chi connectivity index (χ0n) is 10.9. The molecule has 0 aliphatic rings. The smallest absolute Gasteiger partial charge is 0.132 e. The van der Waals surface area contributed by atoms with Gasteiger partial charge in [-0.1, -0.05) is 0 Å². The predicted molar refractivity (Wildman–Crippen MR) is 72.9 cm³/mol. The third kappa shape index (κ3) is 2.42. The Morgan fingerprint density at radius 2 is 1.89 bits per heavy atom. The van der Waals surface area contributed by atoms with Crippen molar-refractivity contribution < 1.29 is 4.74 Å². The predicted octanol–water partition coefficient (Wildman–Crippen LogP) is 2.89. The first kappa shape index (κ1) is 12.4. The van der Waals surface area contributed by atoms with Crippen molar-refractivity contribution in [2.45, 2.75) is 13.8 Å². The van der Waals surface area contributed by atoms with Crippen LogP contribution in [-0.2, 0) is 0 Å². The van der Waals surface area contributed by atoms with E-state index in [-0.39, 0.29) is 0 Å². The molecule has 94 valence electrons. The molecule has 2 rings (SSSR count). The number of benzene rings is 1. The van der Waals surface area contributed by atoms with Gasteiger partial charge in [0.15, 0.2) is 0 Å². The summed E-state index contributed by atoms with van der Waals surface area (Å²) in [7, 11) is 1.86. The maximum atomic E-state index is 5.43. The fraction of sp³-hybridized carbons (Fsp3) is 0.286. The Labute approximate surface area is 107 Å². The lowest BCUT2D eigenvalue weighted by molar-refractivity contribution is 0.340. The number of aromatic nitrogens is 2. The fourth-order valence-electron chi connectivity index (χ4n) is 1.87. The topological polar surface area (TPSA) is 47.0 Å². The number of hydrogen-bond donors (Lipinski definition) is 1. The van der Waals surface area contributed by atoms with Crippen LogP contribution in [-0.4, -0.2) is 23.6 Å². The first-order valence-electron chi connectivity index (χ1n) is 5.98. The van der Waals surface area contributed by atoms with Crippen molar-refractivity contribution in [2.75, 3.05) is 19.0 Å². The average Bonchev–Trinajstić information content (AvgIpc) is 2.41. The summed E-state index contributed by atoms with van der Waals surface area (Å²) in [4.78, 5) is 8.52. The Morgan fingerprint density at radius 1 is 1.17 bits per heavy atom. The molecule has 4 heteroatoms. The van der Waals surface area contributed by atoms with Crippen LogP contribution < -0.4 is 10.1 Å². The molecule has 0 radical (unpaired) electrons. The lowest BCUT2D eigenvalue weighted by Crippen LogP contribution is -1.99. The van der Waals surface area contributed by atoms with E-state index in [1.54, 1.807) is 6.33 Å². The summed E-state index contributed by atoms with van der Waals surface area (Å²) in [5.74, 6) is 1.73. The third-order valence-electron chi connectivity index (χ3n) is 2.76. The van der Waals surface area contributed by atoms with Gasteiger partial charge < -0.3 is 10.1 Å². The van der Waals surface area contributed by atoms with Gasteiger partial charge in [-0.3, -0.25) is 0 Å². The minimum atomic E-state index is 0.676. The van der Waals surface area contributed by atoms with Crippen LogP contribution in [0.5, 0.6) is 5.75 Å². The van der Waals surface area contributed by atoms with Crippen molar-refractivity contribution in [3.63, 3.8) is 0 Å². The molecule has 0 unspecified atom stereocenters. The molecular formula is C14H17N3O. The molecule has 0 amide bonds. The number of anilines is 1. The van der Waals surface area contributed by atoms with Crippen molar-refractivity contribution in [1.82, 2.24) is 9.97 Å². The molecule has 0 fully saturated rings. The number of nitrogens with one attached hydrogen (secondary N) is 1. The molecule has 2 aromatic rings. The monoisotopic (exact) mass is 243 g/mol. The number of ether oxygens (including phenoxy) is 1. The lowest BCUT2D eigenvalue weighted by atomic mass is 10.1. The lowest BCUT2D eigenvalue weighted by Gasteiger charge is -2.09. The van der Waals surface area contributed by atoms with Gasteiger partial charge in [-0.15, -0.1) is 0 Å². The Hall–Kier alpha value is -2.10. The molecule has 1 aromatic carbocycles. The van der Waals surface area contributed by atoms with Crippen LogP contribution >= 0.6 is 0 Å². The number of nitrogens with zero attached hydrogens (tertiary/aromatic N) is 2. The molecule has 4 nitrogen and oxygen atoms in total. The van der Waals surface area contributed by atoms with Gasteiger partial charge in [0.25, 0.3) is 0 Å². The quantitative estimate of drug-likeness (QED) is 0.897. The third-order valence-corrected chi connectivity index (χ3v) is 2.76. The van der Waals surface area contributed by atoms with E-state index in [2.05, 4.69) is 15.3 Å². The zero-order valence-corrected chi connectivity index (χ0v) is 10.9. The van der Waals surface area contributed by atoms with E-state index >= 15 is 0 Å². The van der Waals surface area contributed by atoms with E-state index in [0.717, 1.165) is 28.4 Å². The first-order valence-corrected chi connectivity index (χ1v) is 5.98. The van der Waals surface area contributed by atoms with E-state index in [1.165, 1.54) is 0 Å². The van der Waals surface area contributed by atoms with Gasteiger partial charge in [0.2, 0.25) is 0 Å². The maximum Gasteiger partial charge on any atom is 0.132 e. The Balaban J connectivity index is 2.36. The second kappa shape index (κ2) is 5.49. The van der Waals surface area contributed by atoms with E-state index in [4.69, 9.17) is 4.74 Å². The summed E-state index contributed by atoms with van der Waals surface area (Å²) in [6, 6.07) is 7.94. The summed E-state index contributed by atoms with van der Waals surface area (Å²) in [5, 5.41) is 3.06. The highest BCUT2D eigenvalue weighted by Gasteiger charge is 2.07. The molecule has 0 spiro atoms. The largest absolute Gasteiger partial charge is 0.494 e. The van der Waals surface area contributed by atoms with Crippen molar-refractivity contribution in [1.29, 1.82) is 0 Å². The van der Waals surface area contributed by atoms with Crippen LogP contribution in [0.3, 0.4) is 0 Å². The standard InChI is InChI=1S/C14H17N3O/c1-4-18-12-7-5-11(6-8-12)13-10(2)14(15-3)17-9-16-13/h5-9H,4H2,1-3H3,(H,15,16,17). The molecule has 0 saturated carbocycles. The van der Waals surface area contributed by atoms with E-state index in [0.29, 0.717) is 6.61 Å². The molecule has 0 aliphatic heterocycles. The number of hydrogen-bond acceptors (Lipinski definition) is 4. The molecule has 0 saturated heterocycles. The highest BCUT2D eigenvalue weighted by Crippen LogP contribution is 2.26. The summed E-state index contributed by atoms with van der Waals surface area (Å²) >= 11 is 0. The molecule has 0 bridgehead atoms. The van der Waals surface area contributed by atoms with Crippen LogP contribution in [0.1, 0.15) is 12.5 Å². The normalized spacial score (nSPS) is 10.2. The van der Waals surface area contributed by atoms with Crippen LogP contribution in [0.25, 0.3) is 11.3 Å². The highest BCUT2D eigenvalue weighted by atomic mass is 16.5. The summed E-state index contributed by atoms with van der Waals surface area (Å²) in [6.07, 6.45) is 1.57. The van der Waals surface area contributed by atoms with Crippen molar-refractivity contribution >= 4 is 5.82 Å². The molecule has 0 atom stereocenters. The van der Waals surface area contributed by atoms with Gasteiger partial charge in [-0.25, -0.2) is 9.97 Å². The molecule has 1 aromatic heterocycles. The van der Waals surface area contributed by atoms with Gasteiger partial charge in [-0.05, 0) is 38.1 Å². The van der Waals surface area contributed by atoms with Crippen LogP contribution in [0.2, 0.25) is 0 Å². The van der Waals surface area contributed by atoms with E-state index in [1.807, 2.05) is 45.2 Å². The van der Waals surface area contributed by atoms with E-state index in [9.17, 15) is 0 Å². The Bertz CT molecular complexity index is 523. The minimum Gasteiger partial charge on any atom is -0.494 e. The van der Waals surface area contributed by atoms with Gasteiger partial charge in [0.05, 0.1) is 12.3 Å². The maximum absolute atomic E-state index is 5.43. The Morgan fingerprint density at radius 3 is 2.50 bits per heavy atom. The van der Waals surface area contributed by atoms with Crippen LogP contribution in [0.15, 0.2) is 30.6 Å². The summed E-state index contributed by atoms with van der Waals surface area (Å²) < 4.78 is 5.43. The highest BCUT2D eigenvalue weighted by molar-refractivity contribution is 5.68. The second-order valence-corrected chi connectivity index (χ2v) is 3.90. The van der Waals surface area contributed by atoms with Gasteiger partial charge in [-0.2, -0.15) is 0 Å². The first-order chi connectivity index (χ1) is 8.76. The molecule has 0 aliphatic carbocycles. The van der Waals surface area contributed by atoms with Gasteiger partial charge >= 0.3 is 0 Å². The SMILES string of the molecule is CCOc1ccc(-c2ncnc(NC)c2C)cc1. The molecular weight excluding hydrogens is 226 g/mol.